The molecule has 70 valence electrons. The summed E-state index contributed by atoms with van der Waals surface area (Å²) in [5.74, 6) is -0.284. The van der Waals surface area contributed by atoms with Crippen molar-refractivity contribution in [2.45, 2.75) is 25.3 Å². The molecule has 13 heavy (non-hydrogen) atoms. The fraction of sp³-hybridized carbons (Fsp3) is 0.400. The molecule has 3 heteroatoms. The molecule has 1 aliphatic carbocycles. The molecular formula is C10H13FN2. The van der Waals surface area contributed by atoms with Gasteiger partial charge in [0, 0.05) is 11.7 Å². The van der Waals surface area contributed by atoms with Crippen LogP contribution in [0.5, 0.6) is 0 Å². The standard InChI is InChI=1S/C10H13FN2/c11-6-4-8-7(10(13)5-6)2-1-3-9(8)12/h4-5,9H,1-3,12-13H2/t9-/m0/s1. The van der Waals surface area contributed by atoms with Gasteiger partial charge in [0.05, 0.1) is 0 Å². The van der Waals surface area contributed by atoms with Crippen LogP contribution in [-0.2, 0) is 6.42 Å². The second-order valence-corrected chi connectivity index (χ2v) is 3.56. The van der Waals surface area contributed by atoms with Gasteiger partial charge in [-0.05, 0) is 42.5 Å². The Hall–Kier alpha value is -1.09. The van der Waals surface area contributed by atoms with Gasteiger partial charge >= 0.3 is 0 Å². The van der Waals surface area contributed by atoms with E-state index in [9.17, 15) is 4.39 Å². The van der Waals surface area contributed by atoms with Crippen LogP contribution in [0.15, 0.2) is 12.1 Å². The Morgan fingerprint density at radius 3 is 2.92 bits per heavy atom. The van der Waals surface area contributed by atoms with E-state index in [1.54, 1.807) is 0 Å². The predicted octanol–water partition coefficient (Wildman–Crippen LogP) is 1.74. The molecule has 1 aliphatic rings. The molecule has 1 aromatic rings. The number of nitrogens with two attached hydrogens (primary N) is 2. The molecular weight excluding hydrogens is 167 g/mol. The SMILES string of the molecule is Nc1cc(F)cc2c1CCC[C@@H]2N. The van der Waals surface area contributed by atoms with Gasteiger partial charge in [-0.1, -0.05) is 0 Å². The van der Waals surface area contributed by atoms with Crippen molar-refractivity contribution < 1.29 is 4.39 Å². The number of hydrogen-bond acceptors (Lipinski definition) is 2. The average molecular weight is 180 g/mol. The maximum Gasteiger partial charge on any atom is 0.125 e. The quantitative estimate of drug-likeness (QED) is 0.597. The molecule has 0 heterocycles. The fourth-order valence-electron chi connectivity index (χ4n) is 1.95. The minimum atomic E-state index is -0.284. The maximum atomic E-state index is 13.0. The molecule has 1 atom stereocenters. The van der Waals surface area contributed by atoms with Crippen molar-refractivity contribution in [2.75, 3.05) is 5.73 Å². The van der Waals surface area contributed by atoms with E-state index in [2.05, 4.69) is 0 Å². The molecule has 0 saturated carbocycles. The van der Waals surface area contributed by atoms with Crippen molar-refractivity contribution in [1.82, 2.24) is 0 Å². The molecule has 0 amide bonds. The van der Waals surface area contributed by atoms with Crippen molar-refractivity contribution >= 4 is 5.69 Å². The number of fused-ring (bicyclic) bond motifs is 1. The molecule has 2 nitrogen and oxygen atoms in total. The summed E-state index contributed by atoms with van der Waals surface area (Å²) >= 11 is 0. The highest BCUT2D eigenvalue weighted by molar-refractivity contribution is 5.53. The summed E-state index contributed by atoms with van der Waals surface area (Å²) in [5.41, 5.74) is 14.1. The van der Waals surface area contributed by atoms with E-state index in [1.165, 1.54) is 12.1 Å². The summed E-state index contributed by atoms with van der Waals surface area (Å²) in [6.07, 6.45) is 2.90. The van der Waals surface area contributed by atoms with Crippen molar-refractivity contribution in [2.24, 2.45) is 5.73 Å². The highest BCUT2D eigenvalue weighted by Crippen LogP contribution is 2.32. The smallest absolute Gasteiger partial charge is 0.125 e. The summed E-state index contributed by atoms with van der Waals surface area (Å²) in [6, 6.07) is 2.84. The zero-order chi connectivity index (χ0) is 9.42. The Labute approximate surface area is 76.7 Å². The van der Waals surface area contributed by atoms with E-state index in [0.717, 1.165) is 30.4 Å². The van der Waals surface area contributed by atoms with Crippen LogP contribution in [0.4, 0.5) is 10.1 Å². The van der Waals surface area contributed by atoms with Crippen LogP contribution in [-0.4, -0.2) is 0 Å². The Balaban J connectivity index is 2.56. The van der Waals surface area contributed by atoms with Gasteiger partial charge in [-0.3, -0.25) is 0 Å². The van der Waals surface area contributed by atoms with Crippen LogP contribution in [0, 0.1) is 5.82 Å². The first-order valence-electron chi connectivity index (χ1n) is 4.52. The average Bonchev–Trinajstić information content (AvgIpc) is 2.07. The Kier molecular flexibility index (Phi) is 1.96. The second-order valence-electron chi connectivity index (χ2n) is 3.56. The van der Waals surface area contributed by atoms with Gasteiger partial charge in [0.2, 0.25) is 0 Å². The molecule has 1 aromatic carbocycles. The molecule has 2 rings (SSSR count). The topological polar surface area (TPSA) is 52.0 Å². The lowest BCUT2D eigenvalue weighted by Crippen LogP contribution is -2.18. The van der Waals surface area contributed by atoms with Crippen molar-refractivity contribution in [1.29, 1.82) is 0 Å². The largest absolute Gasteiger partial charge is 0.398 e. The number of nitrogen functional groups attached to an aromatic ring is 1. The van der Waals surface area contributed by atoms with Crippen LogP contribution < -0.4 is 11.5 Å². The first-order chi connectivity index (χ1) is 6.18. The maximum absolute atomic E-state index is 13.0. The van der Waals surface area contributed by atoms with Gasteiger partial charge in [-0.25, -0.2) is 4.39 Å². The highest BCUT2D eigenvalue weighted by atomic mass is 19.1. The summed E-state index contributed by atoms with van der Waals surface area (Å²) in [7, 11) is 0. The molecule has 0 unspecified atom stereocenters. The first-order valence-corrected chi connectivity index (χ1v) is 4.52. The van der Waals surface area contributed by atoms with Crippen molar-refractivity contribution in [3.8, 4) is 0 Å². The Morgan fingerprint density at radius 1 is 1.38 bits per heavy atom. The predicted molar refractivity (Wildman–Crippen MR) is 50.7 cm³/mol. The highest BCUT2D eigenvalue weighted by Gasteiger charge is 2.19. The first kappa shape index (κ1) is 8.51. The van der Waals surface area contributed by atoms with E-state index < -0.39 is 0 Å². The van der Waals surface area contributed by atoms with E-state index in [0.29, 0.717) is 5.69 Å². The molecule has 0 aromatic heterocycles. The lowest BCUT2D eigenvalue weighted by molar-refractivity contribution is 0.559. The molecule has 0 bridgehead atoms. The van der Waals surface area contributed by atoms with Crippen LogP contribution in [0.1, 0.15) is 30.0 Å². The van der Waals surface area contributed by atoms with E-state index in [-0.39, 0.29) is 11.9 Å². The van der Waals surface area contributed by atoms with Gasteiger partial charge in [-0.15, -0.1) is 0 Å². The zero-order valence-electron chi connectivity index (χ0n) is 7.39. The third-order valence-electron chi connectivity index (χ3n) is 2.63. The van der Waals surface area contributed by atoms with Crippen molar-refractivity contribution in [3.05, 3.63) is 29.1 Å². The zero-order valence-corrected chi connectivity index (χ0v) is 7.39. The number of hydrogen-bond donors (Lipinski definition) is 2. The Morgan fingerprint density at radius 2 is 2.15 bits per heavy atom. The van der Waals surface area contributed by atoms with Crippen LogP contribution in [0.2, 0.25) is 0 Å². The summed E-state index contributed by atoms with van der Waals surface area (Å²) in [6.45, 7) is 0. The lowest BCUT2D eigenvalue weighted by Gasteiger charge is -2.23. The molecule has 0 spiro atoms. The van der Waals surface area contributed by atoms with E-state index in [4.69, 9.17) is 11.5 Å². The molecule has 0 radical (unpaired) electrons. The number of benzene rings is 1. The Bertz CT molecular complexity index is 336. The van der Waals surface area contributed by atoms with Gasteiger partial charge in [0.15, 0.2) is 0 Å². The molecule has 4 N–H and O–H groups in total. The minimum absolute atomic E-state index is 0.0400. The second kappa shape index (κ2) is 3.00. The van der Waals surface area contributed by atoms with Gasteiger partial charge in [-0.2, -0.15) is 0 Å². The van der Waals surface area contributed by atoms with Gasteiger partial charge < -0.3 is 11.5 Å². The normalized spacial score (nSPS) is 21.2. The third-order valence-corrected chi connectivity index (χ3v) is 2.63. The van der Waals surface area contributed by atoms with Crippen molar-refractivity contribution in [3.63, 3.8) is 0 Å². The van der Waals surface area contributed by atoms with Crippen LogP contribution in [0.3, 0.4) is 0 Å². The molecule has 0 fully saturated rings. The third kappa shape index (κ3) is 1.40. The molecule has 0 aliphatic heterocycles. The molecule has 0 saturated heterocycles. The monoisotopic (exact) mass is 180 g/mol. The summed E-state index contributed by atoms with van der Waals surface area (Å²) in [4.78, 5) is 0. The number of rotatable bonds is 0. The summed E-state index contributed by atoms with van der Waals surface area (Å²) in [5, 5.41) is 0. The van der Waals surface area contributed by atoms with Crippen LogP contribution in [0.25, 0.3) is 0 Å². The summed E-state index contributed by atoms with van der Waals surface area (Å²) < 4.78 is 13.0. The van der Waals surface area contributed by atoms with E-state index in [1.807, 2.05) is 0 Å². The van der Waals surface area contributed by atoms with Gasteiger partial charge in [0.25, 0.3) is 0 Å². The van der Waals surface area contributed by atoms with Gasteiger partial charge in [0.1, 0.15) is 5.82 Å². The number of anilines is 1. The minimum Gasteiger partial charge on any atom is -0.398 e. The van der Waals surface area contributed by atoms with Crippen LogP contribution >= 0.6 is 0 Å². The fourth-order valence-corrected chi connectivity index (χ4v) is 1.95. The lowest BCUT2D eigenvalue weighted by atomic mass is 9.87. The van der Waals surface area contributed by atoms with E-state index >= 15 is 0 Å². The number of halogens is 1.